The maximum absolute atomic E-state index is 4.36. The summed E-state index contributed by atoms with van der Waals surface area (Å²) < 4.78 is 3.10. The monoisotopic (exact) mass is 409 g/mol. The van der Waals surface area contributed by atoms with Crippen LogP contribution in [-0.2, 0) is 0 Å². The van der Waals surface area contributed by atoms with E-state index in [1.165, 1.54) is 0 Å². The summed E-state index contributed by atoms with van der Waals surface area (Å²) >= 11 is 3.26. The first-order chi connectivity index (χ1) is 13.7. The van der Waals surface area contributed by atoms with E-state index in [1.54, 1.807) is 36.2 Å². The van der Waals surface area contributed by atoms with Gasteiger partial charge in [-0.3, -0.25) is 9.82 Å². The second-order valence-electron chi connectivity index (χ2n) is 5.88. The minimum absolute atomic E-state index is 0.711. The Labute approximate surface area is 171 Å². The first kappa shape index (κ1) is 18.6. The average molecular weight is 410 g/mol. The minimum Gasteiger partial charge on any atom is -0.340 e. The van der Waals surface area contributed by atoms with E-state index in [0.717, 1.165) is 37.9 Å². The molecule has 2 aromatic carbocycles. The minimum atomic E-state index is 0.711. The fraction of sp³-hybridized carbons (Fsp3) is 0.105. The zero-order valence-corrected chi connectivity index (χ0v) is 17.0. The van der Waals surface area contributed by atoms with Crippen molar-refractivity contribution < 1.29 is 0 Å². The van der Waals surface area contributed by atoms with E-state index in [4.69, 9.17) is 0 Å². The summed E-state index contributed by atoms with van der Waals surface area (Å²) in [6, 6.07) is 14.2. The molecule has 0 aliphatic heterocycles. The Kier molecular flexibility index (Phi) is 5.65. The highest BCUT2D eigenvalue weighted by Gasteiger charge is 2.07. The number of fused-ring (bicyclic) bond motifs is 1. The van der Waals surface area contributed by atoms with Gasteiger partial charge in [-0.05, 0) is 61.6 Å². The molecule has 2 aromatic heterocycles. The fourth-order valence-corrected chi connectivity index (χ4v) is 3.84. The normalized spacial score (nSPS) is 10.9. The van der Waals surface area contributed by atoms with Crippen LogP contribution < -0.4 is 15.4 Å². The lowest BCUT2D eigenvalue weighted by Gasteiger charge is -2.13. The smallest absolute Gasteiger partial charge is 0.135 e. The van der Waals surface area contributed by atoms with Gasteiger partial charge in [0.25, 0.3) is 0 Å². The molecule has 7 nitrogen and oxygen atoms in total. The van der Waals surface area contributed by atoms with Crippen molar-refractivity contribution in [1.82, 2.24) is 24.9 Å². The van der Waals surface area contributed by atoms with Gasteiger partial charge in [-0.1, -0.05) is 0 Å². The molecule has 4 N–H and O–H groups in total. The lowest BCUT2D eigenvalue weighted by Crippen LogP contribution is -2.00. The van der Waals surface area contributed by atoms with Gasteiger partial charge in [-0.25, -0.2) is 9.97 Å². The molecule has 0 amide bonds. The third kappa shape index (κ3) is 4.22. The number of aromatic nitrogens is 4. The van der Waals surface area contributed by atoms with E-state index >= 15 is 0 Å². The molecule has 9 heteroatoms. The Balaban J connectivity index is 1.56. The van der Waals surface area contributed by atoms with Gasteiger partial charge in [0.15, 0.2) is 0 Å². The Bertz CT molecular complexity index is 1100. The van der Waals surface area contributed by atoms with Crippen molar-refractivity contribution in [1.29, 1.82) is 0 Å². The van der Waals surface area contributed by atoms with Crippen molar-refractivity contribution >= 4 is 57.6 Å². The molecular weight excluding hydrogens is 390 g/mol. The van der Waals surface area contributed by atoms with Gasteiger partial charge in [0.05, 0.1) is 17.4 Å². The molecule has 0 spiro atoms. The largest absolute Gasteiger partial charge is 0.340 e. The Morgan fingerprint density at radius 1 is 0.964 bits per heavy atom. The van der Waals surface area contributed by atoms with Crippen LogP contribution in [0.1, 0.15) is 0 Å². The molecule has 2 heterocycles. The molecule has 0 atom stereocenters. The van der Waals surface area contributed by atoms with Crippen LogP contribution in [0.2, 0.25) is 0 Å². The molecule has 0 aliphatic carbocycles. The summed E-state index contributed by atoms with van der Waals surface area (Å²) in [7, 11) is 1.91. The van der Waals surface area contributed by atoms with Crippen molar-refractivity contribution in [3.05, 3.63) is 55.0 Å². The predicted octanol–water partition coefficient (Wildman–Crippen LogP) is 4.79. The number of aromatic amines is 1. The average Bonchev–Trinajstić information content (AvgIpc) is 3.17. The van der Waals surface area contributed by atoms with Gasteiger partial charge in [0.1, 0.15) is 18.0 Å². The predicted molar refractivity (Wildman–Crippen MR) is 118 cm³/mol. The van der Waals surface area contributed by atoms with Gasteiger partial charge in [-0.2, -0.15) is 5.10 Å². The molecule has 142 valence electrons. The molecule has 0 aliphatic rings. The number of hydrogen-bond acceptors (Lipinski definition) is 8. The molecule has 28 heavy (non-hydrogen) atoms. The number of thioether (sulfide) groups is 1. The Hall–Kier alpha value is -2.75. The quantitative estimate of drug-likeness (QED) is 0.256. The maximum atomic E-state index is 4.36. The molecule has 4 aromatic rings. The lowest BCUT2D eigenvalue weighted by atomic mass is 10.2. The van der Waals surface area contributed by atoms with Crippen molar-refractivity contribution in [3.8, 4) is 0 Å². The number of nitrogens with zero attached hydrogens (tertiary/aromatic N) is 3. The number of rotatable bonds is 7. The third-order valence-corrected chi connectivity index (χ3v) is 5.52. The van der Waals surface area contributed by atoms with E-state index in [-0.39, 0.29) is 0 Å². The standard InChI is InChI=1S/C19H19N7S2/c1-20-28-14-5-6-17(27-2)16(8-14)25-19-9-18(21-11-22-19)24-13-4-3-12-10-23-26-15(12)7-13/h3-11,20H,1-2H3,(H,23,26)(H2,21,22,24,25). The summed E-state index contributed by atoms with van der Waals surface area (Å²) in [4.78, 5) is 11.0. The zero-order valence-electron chi connectivity index (χ0n) is 15.4. The third-order valence-electron chi connectivity index (χ3n) is 4.04. The fourth-order valence-electron chi connectivity index (χ4n) is 2.76. The van der Waals surface area contributed by atoms with Gasteiger partial charge in [-0.15, -0.1) is 11.8 Å². The van der Waals surface area contributed by atoms with Crippen LogP contribution in [0.3, 0.4) is 0 Å². The summed E-state index contributed by atoms with van der Waals surface area (Å²) in [6.45, 7) is 0. The highest BCUT2D eigenvalue weighted by atomic mass is 32.2. The van der Waals surface area contributed by atoms with Gasteiger partial charge in [0.2, 0.25) is 0 Å². The van der Waals surface area contributed by atoms with Crippen LogP contribution in [0.4, 0.5) is 23.0 Å². The van der Waals surface area contributed by atoms with Crippen molar-refractivity contribution in [2.75, 3.05) is 23.9 Å². The van der Waals surface area contributed by atoms with Crippen molar-refractivity contribution in [2.24, 2.45) is 0 Å². The number of anilines is 4. The number of H-pyrrole nitrogens is 1. The van der Waals surface area contributed by atoms with Crippen LogP contribution in [0, 0.1) is 0 Å². The molecule has 4 rings (SSSR count). The second kappa shape index (κ2) is 8.51. The lowest BCUT2D eigenvalue weighted by molar-refractivity contribution is 1.12. The summed E-state index contributed by atoms with van der Waals surface area (Å²) in [6.07, 6.45) is 5.41. The first-order valence-electron chi connectivity index (χ1n) is 8.56. The highest BCUT2D eigenvalue weighted by Crippen LogP contribution is 2.31. The first-order valence-corrected chi connectivity index (χ1v) is 10.6. The molecule has 0 bridgehead atoms. The van der Waals surface area contributed by atoms with Crippen LogP contribution >= 0.6 is 23.7 Å². The summed E-state index contributed by atoms with van der Waals surface area (Å²) in [5.41, 5.74) is 2.91. The van der Waals surface area contributed by atoms with Gasteiger partial charge < -0.3 is 10.6 Å². The van der Waals surface area contributed by atoms with Gasteiger partial charge >= 0.3 is 0 Å². The van der Waals surface area contributed by atoms with E-state index in [2.05, 4.69) is 60.0 Å². The van der Waals surface area contributed by atoms with Gasteiger partial charge in [0, 0.05) is 26.9 Å². The topological polar surface area (TPSA) is 90.5 Å². The van der Waals surface area contributed by atoms with E-state index in [1.807, 2.05) is 31.3 Å². The van der Waals surface area contributed by atoms with Crippen molar-refractivity contribution in [3.63, 3.8) is 0 Å². The van der Waals surface area contributed by atoms with Crippen LogP contribution in [-0.4, -0.2) is 33.5 Å². The van der Waals surface area contributed by atoms with Crippen molar-refractivity contribution in [2.45, 2.75) is 9.79 Å². The second-order valence-corrected chi connectivity index (χ2v) is 7.81. The Morgan fingerprint density at radius 3 is 2.64 bits per heavy atom. The molecule has 0 fully saturated rings. The van der Waals surface area contributed by atoms with Crippen LogP contribution in [0.15, 0.2) is 64.8 Å². The number of nitrogens with one attached hydrogen (secondary N) is 4. The van der Waals surface area contributed by atoms with Crippen LogP contribution in [0.25, 0.3) is 10.9 Å². The van der Waals surface area contributed by atoms with E-state index in [9.17, 15) is 0 Å². The molecular formula is C19H19N7S2. The number of benzene rings is 2. The Morgan fingerprint density at radius 2 is 1.82 bits per heavy atom. The summed E-state index contributed by atoms with van der Waals surface area (Å²) in [5.74, 6) is 1.44. The van der Waals surface area contributed by atoms with Crippen LogP contribution in [0.5, 0.6) is 0 Å². The molecule has 0 saturated carbocycles. The molecule has 0 saturated heterocycles. The maximum Gasteiger partial charge on any atom is 0.135 e. The highest BCUT2D eigenvalue weighted by molar-refractivity contribution is 7.98. The van der Waals surface area contributed by atoms with E-state index < -0.39 is 0 Å². The number of hydrogen-bond donors (Lipinski definition) is 4. The molecule has 0 unspecified atom stereocenters. The zero-order chi connectivity index (χ0) is 19.3. The molecule has 0 radical (unpaired) electrons. The van der Waals surface area contributed by atoms with E-state index in [0.29, 0.717) is 5.82 Å². The summed E-state index contributed by atoms with van der Waals surface area (Å²) in [5, 5.41) is 14.8. The SMILES string of the molecule is CNSc1ccc(SC)c(Nc2cc(Nc3ccc4cn[nH]c4c3)ncn2)c1.